The number of carboxylic acid groups (broad SMARTS) is 1. The standard InChI is InChI=1S/C16H22N2O2/c1-11-4-5-15(18-6-2-3-7-18)13(8-11)14-9-12(10-17-14)16(19)20/h4-5,8,12,14,17H,2-3,6-7,9-10H2,1H3,(H,19,20). The zero-order valence-corrected chi connectivity index (χ0v) is 11.9. The Balaban J connectivity index is 1.88. The summed E-state index contributed by atoms with van der Waals surface area (Å²) < 4.78 is 0. The number of hydrogen-bond donors (Lipinski definition) is 2. The smallest absolute Gasteiger partial charge is 0.307 e. The van der Waals surface area contributed by atoms with Gasteiger partial charge in [-0.15, -0.1) is 0 Å². The molecule has 0 radical (unpaired) electrons. The quantitative estimate of drug-likeness (QED) is 0.888. The van der Waals surface area contributed by atoms with Gasteiger partial charge in [-0.25, -0.2) is 0 Å². The highest BCUT2D eigenvalue weighted by Gasteiger charge is 2.32. The van der Waals surface area contributed by atoms with Crippen LogP contribution in [0, 0.1) is 12.8 Å². The van der Waals surface area contributed by atoms with Gasteiger partial charge in [0.1, 0.15) is 0 Å². The van der Waals surface area contributed by atoms with Crippen LogP contribution in [0.3, 0.4) is 0 Å². The third-order valence-corrected chi connectivity index (χ3v) is 4.49. The van der Waals surface area contributed by atoms with Crippen LogP contribution in [-0.2, 0) is 4.79 Å². The molecule has 2 unspecified atom stereocenters. The number of aliphatic carboxylic acids is 1. The molecule has 3 rings (SSSR count). The van der Waals surface area contributed by atoms with Gasteiger partial charge >= 0.3 is 5.97 Å². The highest BCUT2D eigenvalue weighted by Crippen LogP contribution is 2.35. The minimum absolute atomic E-state index is 0.173. The SMILES string of the molecule is Cc1ccc(N2CCCC2)c(C2CC(C(=O)O)CN2)c1. The molecule has 1 aromatic rings. The highest BCUT2D eigenvalue weighted by molar-refractivity contribution is 5.71. The monoisotopic (exact) mass is 274 g/mol. The number of nitrogens with one attached hydrogen (secondary N) is 1. The minimum atomic E-state index is -0.685. The van der Waals surface area contributed by atoms with Crippen LogP contribution in [0.25, 0.3) is 0 Å². The number of carboxylic acids is 1. The number of anilines is 1. The lowest BCUT2D eigenvalue weighted by Gasteiger charge is -2.25. The maximum atomic E-state index is 11.1. The van der Waals surface area contributed by atoms with Gasteiger partial charge in [-0.2, -0.15) is 0 Å². The second-order valence-electron chi connectivity index (χ2n) is 5.99. The Labute approximate surface area is 119 Å². The highest BCUT2D eigenvalue weighted by atomic mass is 16.4. The lowest BCUT2D eigenvalue weighted by molar-refractivity contribution is -0.141. The van der Waals surface area contributed by atoms with Crippen LogP contribution in [0.4, 0.5) is 5.69 Å². The summed E-state index contributed by atoms with van der Waals surface area (Å²) in [4.78, 5) is 13.6. The van der Waals surface area contributed by atoms with Crippen molar-refractivity contribution in [2.45, 2.75) is 32.2 Å². The molecule has 2 fully saturated rings. The molecule has 2 aliphatic heterocycles. The molecular formula is C16H22N2O2. The first-order valence-electron chi connectivity index (χ1n) is 7.47. The molecule has 0 saturated carbocycles. The first kappa shape index (κ1) is 13.4. The zero-order valence-electron chi connectivity index (χ0n) is 11.9. The van der Waals surface area contributed by atoms with Crippen LogP contribution in [0.2, 0.25) is 0 Å². The van der Waals surface area contributed by atoms with Gasteiger partial charge in [0.05, 0.1) is 5.92 Å². The molecule has 2 saturated heterocycles. The van der Waals surface area contributed by atoms with Crippen molar-refractivity contribution in [3.63, 3.8) is 0 Å². The Kier molecular flexibility index (Phi) is 3.66. The summed E-state index contributed by atoms with van der Waals surface area (Å²) in [5.74, 6) is -0.942. The van der Waals surface area contributed by atoms with E-state index in [2.05, 4.69) is 35.3 Å². The van der Waals surface area contributed by atoms with Gasteiger partial charge in [-0.05, 0) is 37.8 Å². The van der Waals surface area contributed by atoms with Crippen molar-refractivity contribution in [3.05, 3.63) is 29.3 Å². The van der Waals surface area contributed by atoms with E-state index < -0.39 is 5.97 Å². The lowest BCUT2D eigenvalue weighted by Crippen LogP contribution is -2.22. The fourth-order valence-electron chi connectivity index (χ4n) is 3.36. The van der Waals surface area contributed by atoms with E-state index in [0.29, 0.717) is 13.0 Å². The second-order valence-corrected chi connectivity index (χ2v) is 5.99. The van der Waals surface area contributed by atoms with Crippen molar-refractivity contribution >= 4 is 11.7 Å². The van der Waals surface area contributed by atoms with Gasteiger partial charge in [0.25, 0.3) is 0 Å². The third-order valence-electron chi connectivity index (χ3n) is 4.49. The average molecular weight is 274 g/mol. The molecular weight excluding hydrogens is 252 g/mol. The van der Waals surface area contributed by atoms with E-state index in [1.54, 1.807) is 0 Å². The molecule has 1 aromatic carbocycles. The largest absolute Gasteiger partial charge is 0.481 e. The molecule has 20 heavy (non-hydrogen) atoms. The summed E-state index contributed by atoms with van der Waals surface area (Å²) in [6, 6.07) is 6.74. The fourth-order valence-corrected chi connectivity index (χ4v) is 3.36. The van der Waals surface area contributed by atoms with Gasteiger partial charge in [-0.1, -0.05) is 17.7 Å². The Morgan fingerprint density at radius 1 is 1.35 bits per heavy atom. The Morgan fingerprint density at radius 3 is 2.75 bits per heavy atom. The fraction of sp³-hybridized carbons (Fsp3) is 0.562. The number of hydrogen-bond acceptors (Lipinski definition) is 3. The number of aryl methyl sites for hydroxylation is 1. The number of carbonyl (C=O) groups is 1. The minimum Gasteiger partial charge on any atom is -0.481 e. The van der Waals surface area contributed by atoms with Crippen LogP contribution >= 0.6 is 0 Å². The van der Waals surface area contributed by atoms with Crippen LogP contribution < -0.4 is 10.2 Å². The number of benzene rings is 1. The first-order chi connectivity index (χ1) is 9.65. The second kappa shape index (κ2) is 5.44. The predicted molar refractivity (Wildman–Crippen MR) is 79.1 cm³/mol. The Hall–Kier alpha value is -1.55. The Bertz CT molecular complexity index is 509. The summed E-state index contributed by atoms with van der Waals surface area (Å²) in [7, 11) is 0. The van der Waals surface area contributed by atoms with Crippen LogP contribution in [0.15, 0.2) is 18.2 Å². The molecule has 0 amide bonds. The van der Waals surface area contributed by atoms with Gasteiger partial charge in [-0.3, -0.25) is 4.79 Å². The van der Waals surface area contributed by atoms with Crippen molar-refractivity contribution in [2.24, 2.45) is 5.92 Å². The van der Waals surface area contributed by atoms with Gasteiger partial charge in [0, 0.05) is 31.4 Å². The molecule has 2 heterocycles. The molecule has 0 aliphatic carbocycles. The summed E-state index contributed by atoms with van der Waals surface area (Å²) >= 11 is 0. The molecule has 4 heteroatoms. The van der Waals surface area contributed by atoms with Crippen molar-refractivity contribution in [1.82, 2.24) is 5.32 Å². The maximum absolute atomic E-state index is 11.1. The van der Waals surface area contributed by atoms with E-state index in [-0.39, 0.29) is 12.0 Å². The number of nitrogens with zero attached hydrogens (tertiary/aromatic N) is 1. The van der Waals surface area contributed by atoms with Crippen molar-refractivity contribution in [2.75, 3.05) is 24.5 Å². The number of rotatable bonds is 3. The van der Waals surface area contributed by atoms with Crippen LogP contribution in [0.1, 0.15) is 36.4 Å². The van der Waals surface area contributed by atoms with Crippen molar-refractivity contribution < 1.29 is 9.90 Å². The molecule has 0 aromatic heterocycles. The summed E-state index contributed by atoms with van der Waals surface area (Å²) in [6.07, 6.45) is 3.20. The molecule has 2 atom stereocenters. The van der Waals surface area contributed by atoms with Crippen LogP contribution in [0.5, 0.6) is 0 Å². The summed E-state index contributed by atoms with van der Waals surface area (Å²) in [5.41, 5.74) is 3.80. The van der Waals surface area contributed by atoms with Gasteiger partial charge in [0.15, 0.2) is 0 Å². The normalized spacial score (nSPS) is 26.1. The zero-order chi connectivity index (χ0) is 14.1. The molecule has 4 nitrogen and oxygen atoms in total. The van der Waals surface area contributed by atoms with Gasteiger partial charge < -0.3 is 15.3 Å². The van der Waals surface area contributed by atoms with E-state index in [0.717, 1.165) is 13.1 Å². The van der Waals surface area contributed by atoms with E-state index in [9.17, 15) is 4.79 Å². The van der Waals surface area contributed by atoms with Crippen molar-refractivity contribution in [3.8, 4) is 0 Å². The molecule has 0 bridgehead atoms. The van der Waals surface area contributed by atoms with E-state index in [4.69, 9.17) is 5.11 Å². The van der Waals surface area contributed by atoms with Gasteiger partial charge in [0.2, 0.25) is 0 Å². The third kappa shape index (κ3) is 2.52. The predicted octanol–water partition coefficient (Wildman–Crippen LogP) is 2.33. The first-order valence-corrected chi connectivity index (χ1v) is 7.47. The van der Waals surface area contributed by atoms with Crippen LogP contribution in [-0.4, -0.2) is 30.7 Å². The van der Waals surface area contributed by atoms with E-state index in [1.807, 2.05) is 0 Å². The molecule has 0 spiro atoms. The maximum Gasteiger partial charge on any atom is 0.307 e. The Morgan fingerprint density at radius 2 is 2.10 bits per heavy atom. The molecule has 108 valence electrons. The molecule has 2 N–H and O–H groups in total. The topological polar surface area (TPSA) is 52.6 Å². The van der Waals surface area contributed by atoms with E-state index >= 15 is 0 Å². The summed E-state index contributed by atoms with van der Waals surface area (Å²) in [5, 5.41) is 12.6. The molecule has 2 aliphatic rings. The summed E-state index contributed by atoms with van der Waals surface area (Å²) in [6.45, 7) is 4.91. The lowest BCUT2D eigenvalue weighted by atomic mass is 9.97. The van der Waals surface area contributed by atoms with Crippen molar-refractivity contribution in [1.29, 1.82) is 0 Å². The average Bonchev–Trinajstić information content (AvgIpc) is 3.10. The van der Waals surface area contributed by atoms with E-state index in [1.165, 1.54) is 29.7 Å².